The van der Waals surface area contributed by atoms with Crippen molar-refractivity contribution in [2.45, 2.75) is 110 Å². The maximum Gasteiger partial charge on any atom is 3.00 e. The Morgan fingerprint density at radius 3 is 1.52 bits per heavy atom. The van der Waals surface area contributed by atoms with E-state index in [0.29, 0.717) is 20.6 Å². The summed E-state index contributed by atoms with van der Waals surface area (Å²) in [7, 11) is -1.30. The summed E-state index contributed by atoms with van der Waals surface area (Å²) in [6.45, 7) is 28.7. The Hall–Kier alpha value is 0.0234. The zero-order valence-electron chi connectivity index (χ0n) is 21.5. The van der Waals surface area contributed by atoms with Crippen LogP contribution in [-0.2, 0) is 25.6 Å². The summed E-state index contributed by atoms with van der Waals surface area (Å²) >= 11 is 0. The molecular formula is C23H44N2O3P2Ru+2. The van der Waals surface area contributed by atoms with E-state index in [1.807, 2.05) is 0 Å². The minimum atomic E-state index is -0.708. The van der Waals surface area contributed by atoms with Crippen LogP contribution in [0.1, 0.15) is 94.5 Å². The quantitative estimate of drug-likeness (QED) is 0.173. The van der Waals surface area contributed by atoms with Crippen molar-refractivity contribution in [1.82, 2.24) is 10.6 Å². The predicted octanol–water partition coefficient (Wildman–Crippen LogP) is 4.89. The second-order valence-corrected chi connectivity index (χ2v) is 20.2. The monoisotopic (exact) mass is 560 g/mol. The molecular weight excluding hydrogens is 515 g/mol. The van der Waals surface area contributed by atoms with Crippen molar-refractivity contribution >= 4 is 15.8 Å². The fourth-order valence-corrected chi connectivity index (χ4v) is 11.7. The fraction of sp³-hybridized carbons (Fsp3) is 0.739. The van der Waals surface area contributed by atoms with Gasteiger partial charge in [-0.05, 0) is 91.0 Å². The molecule has 0 atom stereocenters. The second kappa shape index (κ2) is 14.3. The Morgan fingerprint density at radius 1 is 0.806 bits per heavy atom. The Bertz CT molecular complexity index is 542. The summed E-state index contributed by atoms with van der Waals surface area (Å²) in [5.74, 6) is 0. The van der Waals surface area contributed by atoms with Gasteiger partial charge in [-0.25, -0.2) is 0 Å². The number of pyridine rings is 1. The third kappa shape index (κ3) is 13.4. The molecule has 8 heteroatoms. The maximum atomic E-state index is 7.25. The minimum absolute atomic E-state index is 0. The molecule has 0 fully saturated rings. The van der Waals surface area contributed by atoms with Crippen LogP contribution in [0.3, 0.4) is 0 Å². The smallest absolute Gasteiger partial charge is 1.00 e. The molecule has 0 aromatic carbocycles. The molecule has 0 N–H and O–H groups in total. The van der Waals surface area contributed by atoms with Crippen molar-refractivity contribution in [3.8, 4) is 0 Å². The van der Waals surface area contributed by atoms with E-state index in [9.17, 15) is 0 Å². The van der Waals surface area contributed by atoms with E-state index >= 15 is 0 Å². The summed E-state index contributed by atoms with van der Waals surface area (Å²) in [6, 6.07) is 6.65. The predicted molar refractivity (Wildman–Crippen MR) is 132 cm³/mol. The average Bonchev–Trinajstić information content (AvgIpc) is 2.58. The Morgan fingerprint density at radius 2 is 1.19 bits per heavy atom. The SMILES string of the molecule is CC(C)(C)[PH+]([CH-]c1cccc(C[PH+](C(C)(C)C)C(C)(C)C)n1)C(C)(C)C.[N]=O.[O-][O-].[Ru+3]. The summed E-state index contributed by atoms with van der Waals surface area (Å²) in [5, 5.41) is 15.4. The zero-order chi connectivity index (χ0) is 24.6. The van der Waals surface area contributed by atoms with E-state index < -0.39 is 15.8 Å². The second-order valence-electron chi connectivity index (χ2n) is 11.8. The van der Waals surface area contributed by atoms with Crippen LogP contribution in [0.15, 0.2) is 18.2 Å². The largest absolute Gasteiger partial charge is 3.00 e. The third-order valence-corrected chi connectivity index (χ3v) is 13.1. The zero-order valence-corrected chi connectivity index (χ0v) is 25.2. The summed E-state index contributed by atoms with van der Waals surface area (Å²) in [5.41, 5.74) is 8.21. The molecule has 0 aliphatic rings. The summed E-state index contributed by atoms with van der Waals surface area (Å²) in [4.78, 5) is 12.4. The molecule has 0 saturated carbocycles. The molecule has 0 saturated heterocycles. The van der Waals surface area contributed by atoms with Gasteiger partial charge in [-0.3, -0.25) is 4.98 Å². The van der Waals surface area contributed by atoms with Crippen LogP contribution in [0.2, 0.25) is 0 Å². The van der Waals surface area contributed by atoms with Crippen molar-refractivity contribution in [2.75, 3.05) is 0 Å². The molecule has 1 rings (SSSR count). The fourth-order valence-electron chi connectivity index (χ4n) is 4.22. The van der Waals surface area contributed by atoms with Crippen LogP contribution in [0.25, 0.3) is 0 Å². The number of rotatable bonds is 4. The molecule has 1 heterocycles. The Balaban J connectivity index is -0.00000148. The number of hydrogen-bond donors (Lipinski definition) is 0. The van der Waals surface area contributed by atoms with E-state index in [4.69, 9.17) is 26.0 Å². The van der Waals surface area contributed by atoms with Gasteiger partial charge in [0.1, 0.15) is 5.59 Å². The molecule has 2 radical (unpaired) electrons. The van der Waals surface area contributed by atoms with Crippen LogP contribution in [0.4, 0.5) is 0 Å². The van der Waals surface area contributed by atoms with Crippen LogP contribution in [0, 0.1) is 11.1 Å². The third-order valence-electron chi connectivity index (χ3n) is 4.91. The van der Waals surface area contributed by atoms with Gasteiger partial charge < -0.3 is 10.5 Å². The molecule has 5 nitrogen and oxygen atoms in total. The number of nitrogens with zero attached hydrogens (tertiary/aromatic N) is 2. The van der Waals surface area contributed by atoms with E-state index in [0.717, 1.165) is 6.16 Å². The van der Waals surface area contributed by atoms with Gasteiger partial charge in [-0.15, -0.1) is 11.0 Å². The first-order valence-electron chi connectivity index (χ1n) is 10.3. The summed E-state index contributed by atoms with van der Waals surface area (Å²) in [6.07, 6.45) is 3.65. The average molecular weight is 560 g/mol. The molecule has 0 aliphatic carbocycles. The number of aromatic nitrogens is 1. The van der Waals surface area contributed by atoms with Crippen LogP contribution < -0.4 is 16.1 Å². The van der Waals surface area contributed by atoms with E-state index in [-0.39, 0.29) is 19.5 Å². The molecule has 1 aromatic heterocycles. The van der Waals surface area contributed by atoms with Crippen LogP contribution in [0.5, 0.6) is 0 Å². The van der Waals surface area contributed by atoms with Crippen LogP contribution in [-0.4, -0.2) is 25.6 Å². The molecule has 180 valence electrons. The van der Waals surface area contributed by atoms with Crippen molar-refractivity contribution in [3.05, 3.63) is 40.7 Å². The van der Waals surface area contributed by atoms with Crippen molar-refractivity contribution < 1.29 is 30.0 Å². The van der Waals surface area contributed by atoms with E-state index in [1.54, 1.807) is 0 Å². The first kappa shape index (κ1) is 35.6. The topological polar surface area (TPSA) is 98.4 Å². The van der Waals surface area contributed by atoms with Gasteiger partial charge in [0.25, 0.3) is 0 Å². The first-order valence-corrected chi connectivity index (χ1v) is 13.6. The molecule has 0 amide bonds. The Kier molecular flexibility index (Phi) is 16.5. The van der Waals surface area contributed by atoms with Crippen LogP contribution >= 0.6 is 15.8 Å². The van der Waals surface area contributed by atoms with Gasteiger partial charge >= 0.3 is 19.5 Å². The first-order chi connectivity index (χ1) is 13.4. The van der Waals surface area contributed by atoms with Crippen molar-refractivity contribution in [1.29, 1.82) is 0 Å². The molecule has 0 spiro atoms. The minimum Gasteiger partial charge on any atom is -1.00 e. The molecule has 0 bridgehead atoms. The van der Waals surface area contributed by atoms with Gasteiger partial charge in [0, 0.05) is 7.92 Å². The van der Waals surface area contributed by atoms with Gasteiger partial charge in [0.05, 0.1) is 32.5 Å². The standard InChI is InChI=1S/C23H43NP2.NO.O2.Ru/c1-20(2,3)25(21(4,5)6)16-18-14-13-15-19(24-18)17-26(22(7,8)9)23(10,11)12;2*1-2;/h13-16,25H,17H2,1-12H3;;;/q;;-2;+3/p+1. The van der Waals surface area contributed by atoms with Crippen molar-refractivity contribution in [3.63, 3.8) is 0 Å². The maximum absolute atomic E-state index is 7.25. The van der Waals surface area contributed by atoms with Gasteiger partial charge in [-0.2, -0.15) is 6.07 Å². The van der Waals surface area contributed by atoms with Gasteiger partial charge in [-0.1, -0.05) is 17.9 Å². The van der Waals surface area contributed by atoms with Gasteiger partial charge in [0.15, 0.2) is 0 Å². The summed E-state index contributed by atoms with van der Waals surface area (Å²) < 4.78 is 0. The molecule has 1 aromatic rings. The number of hydrogen-bond acceptors (Lipinski definition) is 4. The molecule has 31 heavy (non-hydrogen) atoms. The number of nitroso groups, excluding NO2 is 1. The van der Waals surface area contributed by atoms with E-state index in [1.165, 1.54) is 11.4 Å². The Labute approximate surface area is 206 Å². The van der Waals surface area contributed by atoms with Crippen molar-refractivity contribution in [2.24, 2.45) is 0 Å². The normalized spacial score (nSPS) is 12.3. The molecule has 0 aliphatic heterocycles. The van der Waals surface area contributed by atoms with E-state index in [2.05, 4.69) is 107 Å². The van der Waals surface area contributed by atoms with Gasteiger partial charge in [0.2, 0.25) is 0 Å². The molecule has 0 unspecified atom stereocenters.